The summed E-state index contributed by atoms with van der Waals surface area (Å²) in [5, 5.41) is 12.3. The second kappa shape index (κ2) is 10.2. The van der Waals surface area contributed by atoms with Crippen LogP contribution in [0.2, 0.25) is 0 Å². The van der Waals surface area contributed by atoms with Crippen LogP contribution in [0.5, 0.6) is 0 Å². The quantitative estimate of drug-likeness (QED) is 0.566. The molecule has 1 N–H and O–H groups in total. The Morgan fingerprint density at radius 2 is 1.67 bits per heavy atom. The lowest BCUT2D eigenvalue weighted by Gasteiger charge is -2.39. The Morgan fingerprint density at radius 3 is 2.28 bits per heavy atom. The molecular weight excluding hydrogens is 452 g/mol. The minimum absolute atomic E-state index is 0.181. The summed E-state index contributed by atoms with van der Waals surface area (Å²) >= 11 is 0. The van der Waals surface area contributed by atoms with Gasteiger partial charge in [0, 0.05) is 29.6 Å². The normalized spacial score (nSPS) is 25.9. The lowest BCUT2D eigenvalue weighted by Crippen LogP contribution is -2.46. The minimum Gasteiger partial charge on any atom is -0.389 e. The molecular formula is C30H40N2O4. The summed E-state index contributed by atoms with van der Waals surface area (Å²) in [7, 11) is 0. The van der Waals surface area contributed by atoms with E-state index in [0.717, 1.165) is 49.5 Å². The van der Waals surface area contributed by atoms with Gasteiger partial charge in [-0.15, -0.1) is 0 Å². The highest BCUT2D eigenvalue weighted by Gasteiger charge is 2.35. The van der Waals surface area contributed by atoms with Crippen molar-refractivity contribution in [3.05, 3.63) is 47.5 Å². The Hall–Kier alpha value is -2.28. The molecule has 3 unspecified atom stereocenters. The molecule has 1 saturated heterocycles. The van der Waals surface area contributed by atoms with Gasteiger partial charge in [-0.05, 0) is 80.0 Å². The third-order valence-corrected chi connectivity index (χ3v) is 8.34. The van der Waals surface area contributed by atoms with Crippen molar-refractivity contribution in [3.8, 4) is 0 Å². The fraction of sp³-hybridized carbons (Fsp3) is 0.600. The standard InChI is InChI=1S/C30H40N2O4/c1-20-14-24(16-30(2,3)15-20)36-19-23(33)18-31-12-10-21(11-13-31)17-32-28(34)25-8-4-6-22-7-5-9-26(27(22)25)29(32)35/h4-9,20-21,23-24,33H,10-19H2,1-3H3. The van der Waals surface area contributed by atoms with Crippen molar-refractivity contribution in [2.75, 3.05) is 32.8 Å². The fourth-order valence-corrected chi connectivity index (χ4v) is 6.84. The number of nitrogens with zero attached hydrogens (tertiary/aromatic N) is 2. The van der Waals surface area contributed by atoms with Gasteiger partial charge in [0.15, 0.2) is 0 Å². The predicted octanol–water partition coefficient (Wildman–Crippen LogP) is 4.74. The second-order valence-electron chi connectivity index (χ2n) is 12.2. The summed E-state index contributed by atoms with van der Waals surface area (Å²) in [5.74, 6) is 0.576. The number of ether oxygens (including phenoxy) is 1. The lowest BCUT2D eigenvalue weighted by atomic mass is 9.71. The van der Waals surface area contributed by atoms with Crippen molar-refractivity contribution in [2.45, 2.75) is 65.1 Å². The van der Waals surface area contributed by atoms with E-state index in [1.54, 1.807) is 0 Å². The summed E-state index contributed by atoms with van der Waals surface area (Å²) in [5.41, 5.74) is 1.55. The van der Waals surface area contributed by atoms with E-state index < -0.39 is 6.10 Å². The van der Waals surface area contributed by atoms with Crippen LogP contribution in [0.1, 0.15) is 73.6 Å². The maximum Gasteiger partial charge on any atom is 0.261 e. The lowest BCUT2D eigenvalue weighted by molar-refractivity contribution is -0.0628. The van der Waals surface area contributed by atoms with E-state index in [2.05, 4.69) is 25.7 Å². The number of β-amino-alcohol motifs (C(OH)–C–C–N with tert-alkyl or cyclic N) is 1. The molecule has 3 aliphatic rings. The molecule has 0 spiro atoms. The minimum atomic E-state index is -0.496. The molecule has 6 nitrogen and oxygen atoms in total. The number of hydrogen-bond acceptors (Lipinski definition) is 5. The molecule has 0 aromatic heterocycles. The van der Waals surface area contributed by atoms with Crippen molar-refractivity contribution >= 4 is 22.6 Å². The first-order chi connectivity index (χ1) is 17.2. The monoisotopic (exact) mass is 492 g/mol. The molecule has 1 saturated carbocycles. The van der Waals surface area contributed by atoms with Gasteiger partial charge in [-0.2, -0.15) is 0 Å². The van der Waals surface area contributed by atoms with Crippen LogP contribution in [-0.4, -0.2) is 71.7 Å². The zero-order valence-electron chi connectivity index (χ0n) is 21.9. The third-order valence-electron chi connectivity index (χ3n) is 8.34. The highest BCUT2D eigenvalue weighted by molar-refractivity contribution is 6.25. The van der Waals surface area contributed by atoms with Gasteiger partial charge in [0.1, 0.15) is 0 Å². The number of imide groups is 1. The van der Waals surface area contributed by atoms with Gasteiger partial charge in [-0.1, -0.05) is 45.0 Å². The molecule has 1 aliphatic carbocycles. The molecule has 36 heavy (non-hydrogen) atoms. The SMILES string of the molecule is CC1CC(OCC(O)CN2CCC(CN3C(=O)c4cccc5cccc(c45)C3=O)CC2)CC(C)(C)C1. The molecule has 3 atom stereocenters. The van der Waals surface area contributed by atoms with Gasteiger partial charge in [-0.3, -0.25) is 14.5 Å². The molecule has 0 bridgehead atoms. The van der Waals surface area contributed by atoms with Crippen LogP contribution in [0.3, 0.4) is 0 Å². The van der Waals surface area contributed by atoms with E-state index in [9.17, 15) is 14.7 Å². The number of amides is 2. The van der Waals surface area contributed by atoms with Crippen molar-refractivity contribution in [1.29, 1.82) is 0 Å². The summed E-state index contributed by atoms with van der Waals surface area (Å²) in [6.07, 6.45) is 4.93. The van der Waals surface area contributed by atoms with Gasteiger partial charge < -0.3 is 14.7 Å². The zero-order chi connectivity index (χ0) is 25.4. The largest absolute Gasteiger partial charge is 0.389 e. The molecule has 2 fully saturated rings. The van der Waals surface area contributed by atoms with Crippen LogP contribution in [0.15, 0.2) is 36.4 Å². The number of likely N-dealkylation sites (tertiary alicyclic amines) is 1. The number of rotatable bonds is 7. The molecule has 6 heteroatoms. The highest BCUT2D eigenvalue weighted by Crippen LogP contribution is 2.39. The third kappa shape index (κ3) is 5.36. The van der Waals surface area contributed by atoms with Gasteiger partial charge in [0.25, 0.3) is 11.8 Å². The molecule has 5 rings (SSSR count). The van der Waals surface area contributed by atoms with Gasteiger partial charge in [0.2, 0.25) is 0 Å². The van der Waals surface area contributed by atoms with E-state index in [4.69, 9.17) is 4.74 Å². The summed E-state index contributed by atoms with van der Waals surface area (Å²) in [4.78, 5) is 30.2. The number of carbonyl (C=O) groups is 2. The molecule has 2 aromatic rings. The van der Waals surface area contributed by atoms with Crippen LogP contribution in [-0.2, 0) is 4.74 Å². The number of benzene rings is 2. The maximum atomic E-state index is 13.2. The topological polar surface area (TPSA) is 70.1 Å². The van der Waals surface area contributed by atoms with Crippen LogP contribution >= 0.6 is 0 Å². The zero-order valence-corrected chi connectivity index (χ0v) is 21.9. The number of aliphatic hydroxyl groups is 1. The summed E-state index contributed by atoms with van der Waals surface area (Å²) < 4.78 is 6.13. The summed E-state index contributed by atoms with van der Waals surface area (Å²) in [6, 6.07) is 11.3. The van der Waals surface area contributed by atoms with E-state index in [-0.39, 0.29) is 23.8 Å². The van der Waals surface area contributed by atoms with Crippen molar-refractivity contribution in [1.82, 2.24) is 9.80 Å². The Morgan fingerprint density at radius 1 is 1.03 bits per heavy atom. The van der Waals surface area contributed by atoms with E-state index in [1.807, 2.05) is 36.4 Å². The van der Waals surface area contributed by atoms with Gasteiger partial charge in [0.05, 0.1) is 18.8 Å². The van der Waals surface area contributed by atoms with Crippen LogP contribution in [0.25, 0.3) is 10.8 Å². The smallest absolute Gasteiger partial charge is 0.261 e. The Labute approximate surface area is 214 Å². The first-order valence-corrected chi connectivity index (χ1v) is 13.6. The van der Waals surface area contributed by atoms with E-state index in [0.29, 0.717) is 42.2 Å². The number of hydrogen-bond donors (Lipinski definition) is 1. The molecule has 2 heterocycles. The van der Waals surface area contributed by atoms with Crippen molar-refractivity contribution < 1.29 is 19.4 Å². The Kier molecular flexibility index (Phi) is 7.21. The molecule has 2 amide bonds. The van der Waals surface area contributed by atoms with Crippen LogP contribution in [0, 0.1) is 17.3 Å². The second-order valence-corrected chi connectivity index (χ2v) is 12.2. The molecule has 194 valence electrons. The highest BCUT2D eigenvalue weighted by atomic mass is 16.5. The number of piperidine rings is 1. The fourth-order valence-electron chi connectivity index (χ4n) is 6.84. The summed E-state index contributed by atoms with van der Waals surface area (Å²) in [6.45, 7) is 10.1. The maximum absolute atomic E-state index is 13.2. The molecule has 2 aliphatic heterocycles. The predicted molar refractivity (Wildman–Crippen MR) is 141 cm³/mol. The van der Waals surface area contributed by atoms with E-state index >= 15 is 0 Å². The first-order valence-electron chi connectivity index (χ1n) is 13.6. The van der Waals surface area contributed by atoms with E-state index in [1.165, 1.54) is 11.3 Å². The number of aliphatic hydroxyl groups excluding tert-OH is 1. The average molecular weight is 493 g/mol. The first kappa shape index (κ1) is 25.4. The molecule has 0 radical (unpaired) electrons. The van der Waals surface area contributed by atoms with Crippen molar-refractivity contribution in [2.24, 2.45) is 17.3 Å². The molecule has 2 aromatic carbocycles. The van der Waals surface area contributed by atoms with Crippen LogP contribution in [0.4, 0.5) is 0 Å². The van der Waals surface area contributed by atoms with Crippen LogP contribution < -0.4 is 0 Å². The van der Waals surface area contributed by atoms with Gasteiger partial charge in [-0.25, -0.2) is 0 Å². The average Bonchev–Trinajstić information content (AvgIpc) is 2.83. The van der Waals surface area contributed by atoms with Gasteiger partial charge >= 0.3 is 0 Å². The number of carbonyl (C=O) groups excluding carboxylic acids is 2. The Bertz CT molecular complexity index is 1070. The Balaban J connectivity index is 1.11. The van der Waals surface area contributed by atoms with Crippen molar-refractivity contribution in [3.63, 3.8) is 0 Å².